The fourth-order valence-electron chi connectivity index (χ4n) is 3.16. The van der Waals surface area contributed by atoms with E-state index in [0.29, 0.717) is 13.0 Å². The summed E-state index contributed by atoms with van der Waals surface area (Å²) in [4.78, 5) is 61.6. The molecule has 37 heavy (non-hydrogen) atoms. The Hall–Kier alpha value is -2.96. The fraction of sp³-hybridized carbons (Fsp3) is 0.708. The molecule has 0 saturated carbocycles. The summed E-state index contributed by atoms with van der Waals surface area (Å²) in [6.07, 6.45) is 2.56. The van der Waals surface area contributed by atoms with Gasteiger partial charge in [-0.15, -0.1) is 0 Å². The first kappa shape index (κ1) is 32.1. The molecule has 210 valence electrons. The molecule has 3 amide bonds. The number of nitrogens with one attached hydrogen (secondary N) is 2. The number of carbonyl (C=O) groups excluding carboxylic acids is 4. The highest BCUT2D eigenvalue weighted by molar-refractivity contribution is 7.80. The fourth-order valence-corrected chi connectivity index (χ4v) is 3.39. The molecule has 1 atom stereocenters. The standard InChI is InChI=1S/C24H39N3O9S/c1-16(2)14-33-21(29)13-19(26-18(4)28)22(30)25-9-11-27(10-7-5-6-8-12-37)23(31)34-15-20-17(3)35-24(32)36-20/h16,19,37H,5-15H2,1-4H3,(H,25,30)(H,26,28)/t19-/m0/s1. The van der Waals surface area contributed by atoms with Crippen LogP contribution >= 0.6 is 12.6 Å². The number of hydrogen-bond acceptors (Lipinski definition) is 10. The first-order chi connectivity index (χ1) is 17.5. The van der Waals surface area contributed by atoms with Gasteiger partial charge >= 0.3 is 17.9 Å². The third kappa shape index (κ3) is 13.8. The van der Waals surface area contributed by atoms with E-state index in [9.17, 15) is 24.0 Å². The number of hydrogen-bond donors (Lipinski definition) is 3. The van der Waals surface area contributed by atoms with Crippen molar-refractivity contribution in [3.05, 3.63) is 22.1 Å². The minimum Gasteiger partial charge on any atom is -0.465 e. The predicted molar refractivity (Wildman–Crippen MR) is 137 cm³/mol. The highest BCUT2D eigenvalue weighted by Crippen LogP contribution is 2.09. The van der Waals surface area contributed by atoms with Crippen molar-refractivity contribution in [2.75, 3.05) is 32.0 Å². The highest BCUT2D eigenvalue weighted by atomic mass is 32.1. The van der Waals surface area contributed by atoms with Crippen LogP contribution < -0.4 is 16.5 Å². The number of aryl methyl sites for hydroxylation is 1. The molecule has 1 aromatic heterocycles. The summed E-state index contributed by atoms with van der Waals surface area (Å²) >= 11 is 4.19. The highest BCUT2D eigenvalue weighted by Gasteiger charge is 2.24. The predicted octanol–water partition coefficient (Wildman–Crippen LogP) is 2.18. The van der Waals surface area contributed by atoms with Crippen molar-refractivity contribution in [1.29, 1.82) is 0 Å². The van der Waals surface area contributed by atoms with Gasteiger partial charge in [0, 0.05) is 26.6 Å². The van der Waals surface area contributed by atoms with Crippen LogP contribution in [-0.4, -0.2) is 66.8 Å². The van der Waals surface area contributed by atoms with Gasteiger partial charge in [0.05, 0.1) is 13.0 Å². The number of carbonyl (C=O) groups is 4. The van der Waals surface area contributed by atoms with Crippen molar-refractivity contribution in [2.24, 2.45) is 5.92 Å². The summed E-state index contributed by atoms with van der Waals surface area (Å²) in [6, 6.07) is -1.11. The van der Waals surface area contributed by atoms with Gasteiger partial charge in [-0.2, -0.15) is 12.6 Å². The van der Waals surface area contributed by atoms with Crippen LogP contribution in [0.25, 0.3) is 0 Å². The van der Waals surface area contributed by atoms with Gasteiger partial charge in [-0.1, -0.05) is 26.7 Å². The third-order valence-corrected chi connectivity index (χ3v) is 5.40. The molecule has 0 radical (unpaired) electrons. The molecular weight excluding hydrogens is 506 g/mol. The van der Waals surface area contributed by atoms with E-state index in [1.54, 1.807) is 0 Å². The van der Waals surface area contributed by atoms with Gasteiger partial charge in [0.15, 0.2) is 18.1 Å². The van der Waals surface area contributed by atoms with Gasteiger partial charge in [-0.25, -0.2) is 9.59 Å². The van der Waals surface area contributed by atoms with Crippen LogP contribution in [0.3, 0.4) is 0 Å². The summed E-state index contributed by atoms with van der Waals surface area (Å²) in [5.41, 5.74) is 0. The van der Waals surface area contributed by atoms with Crippen molar-refractivity contribution >= 4 is 36.5 Å². The number of esters is 1. The second-order valence-electron chi connectivity index (χ2n) is 8.94. The molecule has 0 saturated heterocycles. The summed E-state index contributed by atoms with van der Waals surface area (Å²) in [5, 5.41) is 5.10. The maximum atomic E-state index is 12.7. The van der Waals surface area contributed by atoms with Crippen molar-refractivity contribution in [2.45, 2.75) is 72.4 Å². The van der Waals surface area contributed by atoms with Gasteiger partial charge < -0.3 is 33.8 Å². The van der Waals surface area contributed by atoms with Crippen LogP contribution in [0.4, 0.5) is 4.79 Å². The number of thiol groups is 1. The van der Waals surface area contributed by atoms with Crippen molar-refractivity contribution in [3.8, 4) is 0 Å². The molecule has 2 N–H and O–H groups in total. The summed E-state index contributed by atoms with van der Waals surface area (Å²) in [5.74, 6) is -1.27. The molecule has 0 aliphatic rings. The maximum absolute atomic E-state index is 12.7. The number of ether oxygens (including phenoxy) is 2. The largest absolute Gasteiger partial charge is 0.519 e. The molecular formula is C24H39N3O9S. The van der Waals surface area contributed by atoms with E-state index in [4.69, 9.17) is 18.3 Å². The number of nitrogens with zero attached hydrogens (tertiary/aromatic N) is 1. The Bertz CT molecular complexity index is 929. The Morgan fingerprint density at radius 1 is 1.03 bits per heavy atom. The molecule has 0 bridgehead atoms. The number of unbranched alkanes of at least 4 members (excludes halogenated alkanes) is 3. The van der Waals surface area contributed by atoms with Crippen LogP contribution in [0.5, 0.6) is 0 Å². The number of rotatable bonds is 17. The van der Waals surface area contributed by atoms with Crippen molar-refractivity contribution in [3.63, 3.8) is 0 Å². The molecule has 0 aromatic carbocycles. The Morgan fingerprint density at radius 2 is 1.73 bits per heavy atom. The minimum atomic E-state index is -1.11. The lowest BCUT2D eigenvalue weighted by Gasteiger charge is -2.23. The monoisotopic (exact) mass is 545 g/mol. The van der Waals surface area contributed by atoms with Gasteiger partial charge in [0.2, 0.25) is 11.8 Å². The molecule has 0 fully saturated rings. The zero-order valence-corrected chi connectivity index (χ0v) is 22.9. The first-order valence-corrected chi connectivity index (χ1v) is 13.0. The average Bonchev–Trinajstić information content (AvgIpc) is 3.15. The molecule has 0 unspecified atom stereocenters. The molecule has 1 heterocycles. The third-order valence-electron chi connectivity index (χ3n) is 5.08. The van der Waals surface area contributed by atoms with E-state index >= 15 is 0 Å². The Labute approximate surface area is 222 Å². The molecule has 13 heteroatoms. The molecule has 1 aromatic rings. The van der Waals surface area contributed by atoms with Crippen LogP contribution in [0.1, 0.15) is 64.4 Å². The summed E-state index contributed by atoms with van der Waals surface area (Å²) in [6.45, 7) is 7.02. The first-order valence-electron chi connectivity index (χ1n) is 12.4. The molecule has 0 aliphatic heterocycles. The molecule has 1 rings (SSSR count). The van der Waals surface area contributed by atoms with E-state index < -0.39 is 35.7 Å². The smallest absolute Gasteiger partial charge is 0.465 e. The zero-order valence-electron chi connectivity index (χ0n) is 22.0. The Morgan fingerprint density at radius 3 is 2.32 bits per heavy atom. The maximum Gasteiger partial charge on any atom is 0.519 e. The van der Waals surface area contributed by atoms with E-state index in [1.807, 2.05) is 13.8 Å². The Balaban J connectivity index is 2.69. The minimum absolute atomic E-state index is 0.0571. The SMILES string of the molecule is CC(=O)N[C@@H](CC(=O)OCC(C)C)C(=O)NCCN(CCCCCCS)C(=O)OCc1oc(=O)oc1C. The molecule has 12 nitrogen and oxygen atoms in total. The van der Waals surface area contributed by atoms with E-state index in [1.165, 1.54) is 18.7 Å². The average molecular weight is 546 g/mol. The van der Waals surface area contributed by atoms with Gasteiger partial charge in [0.1, 0.15) is 6.04 Å². The van der Waals surface area contributed by atoms with Gasteiger partial charge in [-0.05, 0) is 31.4 Å². The Kier molecular flexibility index (Phi) is 15.2. The van der Waals surface area contributed by atoms with Crippen LogP contribution in [0.2, 0.25) is 0 Å². The summed E-state index contributed by atoms with van der Waals surface area (Å²) in [7, 11) is 0. The quantitative estimate of drug-likeness (QED) is 0.152. The van der Waals surface area contributed by atoms with Gasteiger partial charge in [0.25, 0.3) is 0 Å². The lowest BCUT2D eigenvalue weighted by molar-refractivity contribution is -0.147. The molecule has 0 spiro atoms. The van der Waals surface area contributed by atoms with E-state index in [2.05, 4.69) is 23.3 Å². The summed E-state index contributed by atoms with van der Waals surface area (Å²) < 4.78 is 20.0. The van der Waals surface area contributed by atoms with Crippen LogP contribution in [-0.2, 0) is 30.5 Å². The molecule has 0 aliphatic carbocycles. The van der Waals surface area contributed by atoms with Gasteiger partial charge in [-0.3, -0.25) is 14.4 Å². The van der Waals surface area contributed by atoms with Crippen LogP contribution in [0.15, 0.2) is 13.6 Å². The van der Waals surface area contributed by atoms with Crippen LogP contribution in [0, 0.1) is 12.8 Å². The zero-order chi connectivity index (χ0) is 27.8. The normalized spacial score (nSPS) is 11.6. The second-order valence-corrected chi connectivity index (χ2v) is 9.39. The van der Waals surface area contributed by atoms with E-state index in [0.717, 1.165) is 25.0 Å². The van der Waals surface area contributed by atoms with Crippen molar-refractivity contribution < 1.29 is 37.5 Å². The van der Waals surface area contributed by atoms with Crippen molar-refractivity contribution in [1.82, 2.24) is 15.5 Å². The second kappa shape index (κ2) is 17.5. The lowest BCUT2D eigenvalue weighted by atomic mass is 10.2. The lowest BCUT2D eigenvalue weighted by Crippen LogP contribution is -2.49. The topological polar surface area (TPSA) is 157 Å². The number of amides is 3. The van der Waals surface area contributed by atoms with E-state index in [-0.39, 0.29) is 50.2 Å².